The van der Waals surface area contributed by atoms with Gasteiger partial charge in [0.2, 0.25) is 0 Å². The Kier molecular flexibility index (Phi) is 7.51. The van der Waals surface area contributed by atoms with Crippen LogP contribution in [0, 0.1) is 6.92 Å². The third-order valence-corrected chi connectivity index (χ3v) is 8.33. The Morgan fingerprint density at radius 1 is 1.03 bits per heavy atom. The van der Waals surface area contributed by atoms with E-state index in [0.717, 1.165) is 26.9 Å². The number of carboxylic acid groups (broad SMARTS) is 1. The molecule has 0 aliphatic carbocycles. The molecule has 0 aliphatic heterocycles. The van der Waals surface area contributed by atoms with Gasteiger partial charge in [-0.3, -0.25) is 9.59 Å². The SMILES string of the molecule is Cc1ccc2c(=O)n(CCC(C(=O)O)S(=O)(=O)CCc3ccc(-c4ccc(Cl)cc4)cc3)nnc2c1. The van der Waals surface area contributed by atoms with Crippen LogP contribution >= 0.6 is 11.6 Å². The molecule has 186 valence electrons. The van der Waals surface area contributed by atoms with Gasteiger partial charge in [-0.05, 0) is 66.3 Å². The second kappa shape index (κ2) is 10.6. The number of hydrogen-bond donors (Lipinski definition) is 1. The normalized spacial score (nSPS) is 12.5. The molecular formula is C26H24ClN3O5S. The minimum absolute atomic E-state index is 0.169. The van der Waals surface area contributed by atoms with E-state index in [1.54, 1.807) is 30.3 Å². The van der Waals surface area contributed by atoms with Crippen LogP contribution < -0.4 is 5.56 Å². The number of sulfone groups is 1. The van der Waals surface area contributed by atoms with Gasteiger partial charge in [0.05, 0.1) is 11.1 Å². The predicted molar refractivity (Wildman–Crippen MR) is 139 cm³/mol. The molecule has 0 spiro atoms. The lowest BCUT2D eigenvalue weighted by Gasteiger charge is -2.14. The molecule has 1 N–H and O–H groups in total. The predicted octanol–water partition coefficient (Wildman–Crippen LogP) is 3.92. The molecule has 0 radical (unpaired) electrons. The van der Waals surface area contributed by atoms with Crippen molar-refractivity contribution in [3.63, 3.8) is 0 Å². The maximum Gasteiger partial charge on any atom is 0.321 e. The van der Waals surface area contributed by atoms with Crippen LogP contribution in [-0.2, 0) is 27.6 Å². The van der Waals surface area contributed by atoms with Crippen LogP contribution in [-0.4, -0.2) is 45.5 Å². The fourth-order valence-corrected chi connectivity index (χ4v) is 5.64. The highest BCUT2D eigenvalue weighted by molar-refractivity contribution is 7.92. The molecule has 36 heavy (non-hydrogen) atoms. The van der Waals surface area contributed by atoms with Gasteiger partial charge >= 0.3 is 5.97 Å². The molecule has 10 heteroatoms. The molecule has 1 aromatic heterocycles. The highest BCUT2D eigenvalue weighted by Gasteiger charge is 2.32. The van der Waals surface area contributed by atoms with Gasteiger partial charge in [0.25, 0.3) is 5.56 Å². The second-order valence-electron chi connectivity index (χ2n) is 8.57. The van der Waals surface area contributed by atoms with Gasteiger partial charge in [-0.2, -0.15) is 0 Å². The number of carboxylic acids is 1. The number of aryl methyl sites for hydroxylation is 3. The summed E-state index contributed by atoms with van der Waals surface area (Å²) in [6, 6.07) is 19.9. The van der Waals surface area contributed by atoms with Gasteiger partial charge in [-0.15, -0.1) is 5.10 Å². The Morgan fingerprint density at radius 3 is 2.31 bits per heavy atom. The number of nitrogens with zero attached hydrogens (tertiary/aromatic N) is 3. The summed E-state index contributed by atoms with van der Waals surface area (Å²) in [5, 5.41) is 16.8. The van der Waals surface area contributed by atoms with Gasteiger partial charge < -0.3 is 5.11 Å². The maximum absolute atomic E-state index is 12.9. The van der Waals surface area contributed by atoms with Gasteiger partial charge in [-0.1, -0.05) is 59.3 Å². The van der Waals surface area contributed by atoms with Crippen LogP contribution in [0.1, 0.15) is 17.5 Å². The lowest BCUT2D eigenvalue weighted by molar-refractivity contribution is -0.136. The summed E-state index contributed by atoms with van der Waals surface area (Å²) in [5.41, 5.74) is 3.62. The molecule has 0 fully saturated rings. The Labute approximate surface area is 213 Å². The lowest BCUT2D eigenvalue weighted by Crippen LogP contribution is -2.35. The second-order valence-corrected chi connectivity index (χ2v) is 11.3. The van der Waals surface area contributed by atoms with Crippen LogP contribution in [0.4, 0.5) is 0 Å². The van der Waals surface area contributed by atoms with Crippen molar-refractivity contribution in [2.75, 3.05) is 5.75 Å². The Balaban J connectivity index is 1.43. The van der Waals surface area contributed by atoms with Gasteiger partial charge in [0.1, 0.15) is 5.52 Å². The highest BCUT2D eigenvalue weighted by atomic mass is 35.5. The van der Waals surface area contributed by atoms with E-state index in [9.17, 15) is 23.1 Å². The first-order valence-electron chi connectivity index (χ1n) is 11.3. The van der Waals surface area contributed by atoms with E-state index >= 15 is 0 Å². The maximum atomic E-state index is 12.9. The molecule has 1 unspecified atom stereocenters. The summed E-state index contributed by atoms with van der Waals surface area (Å²) < 4.78 is 26.8. The average molecular weight is 526 g/mol. The third kappa shape index (κ3) is 5.80. The van der Waals surface area contributed by atoms with E-state index < -0.39 is 26.6 Å². The van der Waals surface area contributed by atoms with E-state index in [1.165, 1.54) is 0 Å². The molecule has 0 aliphatic rings. The number of aromatic nitrogens is 3. The van der Waals surface area contributed by atoms with Crippen molar-refractivity contribution in [1.29, 1.82) is 0 Å². The Hall–Kier alpha value is -3.56. The van der Waals surface area contributed by atoms with Crippen molar-refractivity contribution < 1.29 is 18.3 Å². The Morgan fingerprint density at radius 2 is 1.67 bits per heavy atom. The first-order valence-corrected chi connectivity index (χ1v) is 13.4. The smallest absolute Gasteiger partial charge is 0.321 e. The zero-order valence-electron chi connectivity index (χ0n) is 19.5. The molecule has 0 amide bonds. The molecule has 4 aromatic rings. The Bertz CT molecular complexity index is 1570. The van der Waals surface area contributed by atoms with Crippen molar-refractivity contribution in [2.24, 2.45) is 0 Å². The summed E-state index contributed by atoms with van der Waals surface area (Å²) in [6.07, 6.45) is -0.124. The quantitative estimate of drug-likeness (QED) is 0.351. The van der Waals surface area contributed by atoms with E-state index in [1.807, 2.05) is 43.3 Å². The van der Waals surface area contributed by atoms with E-state index in [0.29, 0.717) is 15.9 Å². The summed E-state index contributed by atoms with van der Waals surface area (Å²) in [6.45, 7) is 1.69. The van der Waals surface area contributed by atoms with Gasteiger partial charge in [0.15, 0.2) is 15.1 Å². The van der Waals surface area contributed by atoms with Crippen molar-refractivity contribution >= 4 is 38.3 Å². The topological polar surface area (TPSA) is 119 Å². The van der Waals surface area contributed by atoms with E-state index in [4.69, 9.17) is 11.6 Å². The number of fused-ring (bicyclic) bond motifs is 1. The number of carbonyl (C=O) groups is 1. The minimum atomic E-state index is -4.00. The van der Waals surface area contributed by atoms with Crippen molar-refractivity contribution in [3.8, 4) is 11.1 Å². The minimum Gasteiger partial charge on any atom is -0.480 e. The van der Waals surface area contributed by atoms with Crippen LogP contribution in [0.15, 0.2) is 71.5 Å². The van der Waals surface area contributed by atoms with Crippen LogP contribution in [0.5, 0.6) is 0 Å². The van der Waals surface area contributed by atoms with Crippen LogP contribution in [0.3, 0.4) is 0 Å². The summed E-state index contributed by atoms with van der Waals surface area (Å²) in [7, 11) is -4.00. The molecule has 3 aromatic carbocycles. The first kappa shape index (κ1) is 25.5. The zero-order chi connectivity index (χ0) is 25.9. The summed E-state index contributed by atoms with van der Waals surface area (Å²) in [4.78, 5) is 24.5. The molecule has 8 nitrogen and oxygen atoms in total. The monoisotopic (exact) mass is 525 g/mol. The fraction of sp³-hybridized carbons (Fsp3) is 0.231. The standard InChI is InChI=1S/C26H24ClN3O5S/c1-17-2-11-22-23(16-17)28-29-30(25(22)31)14-12-24(26(32)33)36(34,35)15-13-18-3-5-19(6-4-18)20-7-9-21(27)10-8-20/h2-11,16,24H,12-15H2,1H3,(H,32,33). The number of aliphatic carboxylic acids is 1. The number of rotatable bonds is 9. The third-order valence-electron chi connectivity index (χ3n) is 6.00. The molecular weight excluding hydrogens is 502 g/mol. The summed E-state index contributed by atoms with van der Waals surface area (Å²) >= 11 is 5.93. The van der Waals surface area contributed by atoms with Gasteiger partial charge in [-0.25, -0.2) is 13.1 Å². The van der Waals surface area contributed by atoms with Crippen LogP contribution in [0.25, 0.3) is 22.0 Å². The van der Waals surface area contributed by atoms with Gasteiger partial charge in [0, 0.05) is 11.6 Å². The van der Waals surface area contributed by atoms with Crippen molar-refractivity contribution in [1.82, 2.24) is 15.0 Å². The average Bonchev–Trinajstić information content (AvgIpc) is 2.85. The van der Waals surface area contributed by atoms with Crippen molar-refractivity contribution in [3.05, 3.63) is 93.2 Å². The number of hydrogen-bond acceptors (Lipinski definition) is 6. The number of benzene rings is 3. The van der Waals surface area contributed by atoms with E-state index in [2.05, 4.69) is 10.3 Å². The molecule has 0 saturated carbocycles. The number of halogens is 1. The molecule has 1 heterocycles. The molecule has 0 bridgehead atoms. The first-order chi connectivity index (χ1) is 17.1. The highest BCUT2D eigenvalue weighted by Crippen LogP contribution is 2.22. The fourth-order valence-electron chi connectivity index (χ4n) is 3.94. The lowest BCUT2D eigenvalue weighted by atomic mass is 10.0. The molecule has 0 saturated heterocycles. The molecule has 4 rings (SSSR count). The molecule has 1 atom stereocenters. The van der Waals surface area contributed by atoms with E-state index in [-0.39, 0.29) is 25.1 Å². The zero-order valence-corrected chi connectivity index (χ0v) is 21.0. The largest absolute Gasteiger partial charge is 0.480 e. The van der Waals surface area contributed by atoms with Crippen molar-refractivity contribution in [2.45, 2.75) is 31.6 Å². The summed E-state index contributed by atoms with van der Waals surface area (Å²) in [5.74, 6) is -1.78. The van der Waals surface area contributed by atoms with Crippen LogP contribution in [0.2, 0.25) is 5.02 Å².